The molecule has 0 radical (unpaired) electrons. The Kier molecular flexibility index (Phi) is 7.80. The van der Waals surface area contributed by atoms with E-state index in [4.69, 9.17) is 4.74 Å². The first kappa shape index (κ1) is 18.9. The van der Waals surface area contributed by atoms with Gasteiger partial charge in [0.15, 0.2) is 0 Å². The van der Waals surface area contributed by atoms with E-state index in [0.717, 1.165) is 54.0 Å². The highest BCUT2D eigenvalue weighted by Gasteiger charge is 2.15. The molecule has 0 fully saturated rings. The summed E-state index contributed by atoms with van der Waals surface area (Å²) in [6.45, 7) is 5.65. The molecule has 0 aliphatic rings. The summed E-state index contributed by atoms with van der Waals surface area (Å²) in [5.74, 6) is -0.122. The largest absolute Gasteiger partial charge is 0.460 e. The van der Waals surface area contributed by atoms with Gasteiger partial charge in [-0.2, -0.15) is 0 Å². The van der Waals surface area contributed by atoms with Gasteiger partial charge in [-0.3, -0.25) is 9.59 Å². The second-order valence-electron chi connectivity index (χ2n) is 6.46. The summed E-state index contributed by atoms with van der Waals surface area (Å²) in [4.78, 5) is 22.6. The van der Waals surface area contributed by atoms with Gasteiger partial charge in [0.1, 0.15) is 11.9 Å². The molecule has 0 N–H and O–H groups in total. The molecule has 0 saturated carbocycles. The number of benzene rings is 1. The molecule has 0 saturated heterocycles. The topological polar surface area (TPSA) is 43.4 Å². The lowest BCUT2D eigenvalue weighted by molar-refractivity contribution is -0.154. The molecule has 0 amide bonds. The van der Waals surface area contributed by atoms with Crippen molar-refractivity contribution in [1.29, 1.82) is 0 Å². The Labute approximate surface area is 141 Å². The molecule has 0 atom stereocenters. The minimum absolute atomic E-state index is 0.122. The van der Waals surface area contributed by atoms with E-state index < -0.39 is 5.60 Å². The lowest BCUT2D eigenvalue weighted by Crippen LogP contribution is -2.23. The number of aryl methyl sites for hydroxylation is 1. The number of hydrogen-bond acceptors (Lipinski definition) is 3. The van der Waals surface area contributed by atoms with Crippen LogP contribution in [0.5, 0.6) is 0 Å². The normalized spacial score (nSPS) is 11.3. The monoisotopic (exact) mass is 368 g/mol. The van der Waals surface area contributed by atoms with Gasteiger partial charge in [0.25, 0.3) is 0 Å². The predicted octanol–water partition coefficient (Wildman–Crippen LogP) is 5.10. The van der Waals surface area contributed by atoms with Gasteiger partial charge in [-0.15, -0.1) is 0 Å². The number of carbonyl (C=O) groups excluding carboxylic acids is 2. The Bertz CT molecular complexity index is 504. The zero-order valence-electron chi connectivity index (χ0n) is 13.7. The SMILES string of the molecule is CC(C)(C)OC(=O)CCCCCCc1ccc(Br)cc1C=O. The highest BCUT2D eigenvalue weighted by atomic mass is 79.9. The average Bonchev–Trinajstić information content (AvgIpc) is 2.41. The van der Waals surface area contributed by atoms with Crippen molar-refractivity contribution in [1.82, 2.24) is 0 Å². The maximum Gasteiger partial charge on any atom is 0.306 e. The van der Waals surface area contributed by atoms with Gasteiger partial charge in [0.05, 0.1) is 0 Å². The van der Waals surface area contributed by atoms with Crippen LogP contribution in [-0.4, -0.2) is 17.9 Å². The summed E-state index contributed by atoms with van der Waals surface area (Å²) in [5.41, 5.74) is 1.44. The molecule has 122 valence electrons. The Morgan fingerprint density at radius 1 is 1.18 bits per heavy atom. The van der Waals surface area contributed by atoms with Crippen molar-refractivity contribution in [2.24, 2.45) is 0 Å². The molecule has 1 rings (SSSR count). The van der Waals surface area contributed by atoms with Crippen LogP contribution in [0.4, 0.5) is 0 Å². The van der Waals surface area contributed by atoms with Crippen LogP contribution in [0.25, 0.3) is 0 Å². The van der Waals surface area contributed by atoms with Crippen molar-refractivity contribution in [2.45, 2.75) is 64.9 Å². The third kappa shape index (κ3) is 7.74. The Balaban J connectivity index is 2.21. The van der Waals surface area contributed by atoms with Crippen molar-refractivity contribution >= 4 is 28.2 Å². The van der Waals surface area contributed by atoms with Crippen LogP contribution < -0.4 is 0 Å². The van der Waals surface area contributed by atoms with Crippen LogP contribution in [-0.2, 0) is 16.0 Å². The van der Waals surface area contributed by atoms with Crippen molar-refractivity contribution < 1.29 is 14.3 Å². The molecule has 0 aliphatic carbocycles. The van der Waals surface area contributed by atoms with E-state index >= 15 is 0 Å². The van der Waals surface area contributed by atoms with Crippen LogP contribution in [0.15, 0.2) is 22.7 Å². The minimum atomic E-state index is -0.399. The van der Waals surface area contributed by atoms with Gasteiger partial charge in [0, 0.05) is 16.5 Å². The molecule has 0 spiro atoms. The van der Waals surface area contributed by atoms with E-state index in [1.54, 1.807) is 0 Å². The first-order chi connectivity index (χ1) is 10.3. The first-order valence-corrected chi connectivity index (χ1v) is 8.56. The van der Waals surface area contributed by atoms with Crippen LogP contribution >= 0.6 is 15.9 Å². The summed E-state index contributed by atoms with van der Waals surface area (Å²) in [6.07, 6.45) is 6.22. The molecule has 0 aliphatic heterocycles. The maximum atomic E-state index is 11.6. The van der Waals surface area contributed by atoms with Crippen LogP contribution in [0.1, 0.15) is 68.8 Å². The molecular weight excluding hydrogens is 344 g/mol. The van der Waals surface area contributed by atoms with Crippen LogP contribution in [0.3, 0.4) is 0 Å². The summed E-state index contributed by atoms with van der Waals surface area (Å²) in [5, 5.41) is 0. The number of esters is 1. The smallest absolute Gasteiger partial charge is 0.306 e. The van der Waals surface area contributed by atoms with Gasteiger partial charge in [0.2, 0.25) is 0 Å². The van der Waals surface area contributed by atoms with Gasteiger partial charge in [-0.05, 0) is 57.7 Å². The minimum Gasteiger partial charge on any atom is -0.460 e. The maximum absolute atomic E-state index is 11.6. The van der Waals surface area contributed by atoms with Gasteiger partial charge < -0.3 is 4.74 Å². The first-order valence-electron chi connectivity index (χ1n) is 7.77. The van der Waals surface area contributed by atoms with Crippen molar-refractivity contribution in [3.8, 4) is 0 Å². The van der Waals surface area contributed by atoms with E-state index in [-0.39, 0.29) is 5.97 Å². The fourth-order valence-corrected chi connectivity index (χ4v) is 2.61. The zero-order valence-corrected chi connectivity index (χ0v) is 15.2. The van der Waals surface area contributed by atoms with Crippen molar-refractivity contribution in [3.63, 3.8) is 0 Å². The van der Waals surface area contributed by atoms with E-state index in [1.165, 1.54) is 0 Å². The van der Waals surface area contributed by atoms with Gasteiger partial charge in [-0.1, -0.05) is 34.8 Å². The number of unbranched alkanes of at least 4 members (excludes halogenated alkanes) is 3. The summed E-state index contributed by atoms with van der Waals surface area (Å²) in [6, 6.07) is 5.81. The lowest BCUT2D eigenvalue weighted by Gasteiger charge is -2.19. The fraction of sp³-hybridized carbons (Fsp3) is 0.556. The lowest BCUT2D eigenvalue weighted by atomic mass is 10.0. The molecule has 0 heterocycles. The highest BCUT2D eigenvalue weighted by molar-refractivity contribution is 9.10. The highest BCUT2D eigenvalue weighted by Crippen LogP contribution is 2.18. The summed E-state index contributed by atoms with van der Waals surface area (Å²) in [7, 11) is 0. The molecule has 3 nitrogen and oxygen atoms in total. The Morgan fingerprint density at radius 2 is 1.86 bits per heavy atom. The van der Waals surface area contributed by atoms with E-state index in [2.05, 4.69) is 15.9 Å². The van der Waals surface area contributed by atoms with Gasteiger partial charge >= 0.3 is 5.97 Å². The summed E-state index contributed by atoms with van der Waals surface area (Å²) >= 11 is 3.37. The number of ether oxygens (including phenoxy) is 1. The molecular formula is C18H25BrO3. The fourth-order valence-electron chi connectivity index (χ4n) is 2.23. The van der Waals surface area contributed by atoms with Crippen molar-refractivity contribution in [3.05, 3.63) is 33.8 Å². The Morgan fingerprint density at radius 3 is 2.50 bits per heavy atom. The van der Waals surface area contributed by atoms with Crippen LogP contribution in [0, 0.1) is 0 Å². The number of halogens is 1. The third-order valence-electron chi connectivity index (χ3n) is 3.23. The average molecular weight is 369 g/mol. The zero-order chi connectivity index (χ0) is 16.6. The standard InChI is InChI=1S/C18H25BrO3/c1-18(2,3)22-17(21)9-7-5-4-6-8-14-10-11-16(19)12-15(14)13-20/h10-13H,4-9H2,1-3H3. The van der Waals surface area contributed by atoms with Crippen molar-refractivity contribution in [2.75, 3.05) is 0 Å². The number of hydrogen-bond donors (Lipinski definition) is 0. The molecule has 0 unspecified atom stereocenters. The number of carbonyl (C=O) groups is 2. The van der Waals surface area contributed by atoms with Gasteiger partial charge in [-0.25, -0.2) is 0 Å². The second-order valence-corrected chi connectivity index (χ2v) is 7.38. The second kappa shape index (κ2) is 9.09. The van der Waals surface area contributed by atoms with E-state index in [0.29, 0.717) is 6.42 Å². The summed E-state index contributed by atoms with van der Waals surface area (Å²) < 4.78 is 6.20. The third-order valence-corrected chi connectivity index (χ3v) is 3.73. The van der Waals surface area contributed by atoms with Crippen LogP contribution in [0.2, 0.25) is 0 Å². The number of aldehydes is 1. The van der Waals surface area contributed by atoms with E-state index in [9.17, 15) is 9.59 Å². The number of rotatable bonds is 8. The molecule has 1 aromatic rings. The predicted molar refractivity (Wildman–Crippen MR) is 92.2 cm³/mol. The Hall–Kier alpha value is -1.16. The molecule has 1 aromatic carbocycles. The molecule has 4 heteroatoms. The molecule has 0 bridgehead atoms. The molecule has 22 heavy (non-hydrogen) atoms. The molecule has 0 aromatic heterocycles. The quantitative estimate of drug-likeness (QED) is 0.364. The van der Waals surface area contributed by atoms with E-state index in [1.807, 2.05) is 39.0 Å².